The minimum absolute atomic E-state index is 0.548. The van der Waals surface area contributed by atoms with Crippen LogP contribution in [0.25, 0.3) is 0 Å². The molecule has 0 aromatic heterocycles. The first-order valence-electron chi connectivity index (χ1n) is 5.03. The van der Waals surface area contributed by atoms with Gasteiger partial charge in [0.25, 0.3) is 0 Å². The van der Waals surface area contributed by atoms with Gasteiger partial charge in [0, 0.05) is 0 Å². The van der Waals surface area contributed by atoms with E-state index >= 15 is 0 Å². The van der Waals surface area contributed by atoms with Crippen LogP contribution in [0.15, 0.2) is 0 Å². The van der Waals surface area contributed by atoms with Crippen molar-refractivity contribution in [3.8, 4) is 0 Å². The summed E-state index contributed by atoms with van der Waals surface area (Å²) < 4.78 is 4.62. The third-order valence-corrected chi connectivity index (χ3v) is 5.45. The number of hydrogen-bond acceptors (Lipinski definition) is 8. The number of rotatable bonds is 4. The highest BCUT2D eigenvalue weighted by Crippen LogP contribution is 2.39. The van der Waals surface area contributed by atoms with Crippen LogP contribution in [0.4, 0.5) is 0 Å². The molecule has 1 rings (SSSR count). The number of aliphatic hydroxyl groups is 5. The number of hydrogen-bond donors (Lipinski definition) is 5. The first-order chi connectivity index (χ1) is 7.92. The zero-order valence-electron chi connectivity index (χ0n) is 9.55. The Labute approximate surface area is 108 Å². The third kappa shape index (κ3) is 2.74. The van der Waals surface area contributed by atoms with Crippen molar-refractivity contribution in [2.45, 2.75) is 34.8 Å². The van der Waals surface area contributed by atoms with Crippen LogP contribution in [0.1, 0.15) is 0 Å². The summed E-state index contributed by atoms with van der Waals surface area (Å²) in [5.41, 5.74) is 0. The zero-order valence-corrected chi connectivity index (χ0v) is 11.2. The molecule has 17 heavy (non-hydrogen) atoms. The van der Waals surface area contributed by atoms with Crippen molar-refractivity contribution < 1.29 is 30.3 Å². The molecule has 1 aliphatic heterocycles. The van der Waals surface area contributed by atoms with E-state index < -0.39 is 41.4 Å². The number of ether oxygens (including phenoxy) is 1. The summed E-state index contributed by atoms with van der Waals surface area (Å²) in [5.74, 6) is -2.01. The molecule has 0 unspecified atom stereocenters. The van der Waals surface area contributed by atoms with Crippen LogP contribution in [0.2, 0.25) is 0 Å². The highest BCUT2D eigenvalue weighted by molar-refractivity contribution is 8.16. The Balaban J connectivity index is 2.97. The van der Waals surface area contributed by atoms with Crippen molar-refractivity contribution in [2.24, 2.45) is 0 Å². The van der Waals surface area contributed by atoms with Gasteiger partial charge < -0.3 is 30.3 Å². The lowest BCUT2D eigenvalue weighted by molar-refractivity contribution is -0.341. The fourth-order valence-corrected chi connectivity index (χ4v) is 3.64. The maximum Gasteiger partial charge on any atom is 0.216 e. The van der Waals surface area contributed by atoms with Crippen molar-refractivity contribution in [3.05, 3.63) is 0 Å². The molecular formula is C9H18O6S2. The molecule has 0 bridgehead atoms. The Morgan fingerprint density at radius 2 is 1.71 bits per heavy atom. The molecule has 0 radical (unpaired) electrons. The van der Waals surface area contributed by atoms with Gasteiger partial charge in [0.2, 0.25) is 5.79 Å². The van der Waals surface area contributed by atoms with Crippen LogP contribution in [0.3, 0.4) is 0 Å². The highest BCUT2D eigenvalue weighted by Gasteiger charge is 2.56. The van der Waals surface area contributed by atoms with E-state index in [2.05, 4.69) is 0 Å². The van der Waals surface area contributed by atoms with Crippen LogP contribution in [-0.2, 0) is 4.74 Å². The van der Waals surface area contributed by atoms with Gasteiger partial charge in [0.1, 0.15) is 29.0 Å². The highest BCUT2D eigenvalue weighted by atomic mass is 32.2. The topological polar surface area (TPSA) is 110 Å². The molecule has 1 saturated heterocycles. The van der Waals surface area contributed by atoms with Gasteiger partial charge in [0.05, 0.1) is 6.61 Å². The zero-order chi connectivity index (χ0) is 13.2. The molecule has 5 atom stereocenters. The molecule has 1 aliphatic rings. The van der Waals surface area contributed by atoms with Crippen molar-refractivity contribution >= 4 is 23.5 Å². The summed E-state index contributed by atoms with van der Waals surface area (Å²) in [7, 11) is 0. The average molecular weight is 286 g/mol. The van der Waals surface area contributed by atoms with Gasteiger partial charge in [-0.05, 0) is 12.5 Å². The first kappa shape index (κ1) is 15.5. The van der Waals surface area contributed by atoms with Crippen LogP contribution in [-0.4, -0.2) is 79.4 Å². The van der Waals surface area contributed by atoms with Gasteiger partial charge in [-0.3, -0.25) is 0 Å². The van der Waals surface area contributed by atoms with E-state index in [0.717, 1.165) is 0 Å². The summed E-state index contributed by atoms with van der Waals surface area (Å²) in [6.07, 6.45) is -2.31. The number of aliphatic hydroxyl groups excluding tert-OH is 4. The fraction of sp³-hybridized carbons (Fsp3) is 1.00. The van der Waals surface area contributed by atoms with Gasteiger partial charge in [0.15, 0.2) is 0 Å². The van der Waals surface area contributed by atoms with Crippen LogP contribution >= 0.6 is 23.5 Å². The molecule has 1 heterocycles. The Kier molecular flexibility index (Phi) is 5.54. The molecule has 6 nitrogen and oxygen atoms in total. The van der Waals surface area contributed by atoms with Crippen molar-refractivity contribution in [1.29, 1.82) is 0 Å². The standard InChI is InChI=1S/C9H18O6S2/c1-16-8(17-2)9(14)7(13)6(12)5(11)4(3-10)15-9/h4-8,10-14H,3H2,1-2H3/t4-,5-,6+,7-,9-/m1/s1. The summed E-state index contributed by atoms with van der Waals surface area (Å²) in [5, 5.41) is 48.3. The lowest BCUT2D eigenvalue weighted by atomic mass is 9.93. The molecule has 5 N–H and O–H groups in total. The normalized spacial score (nSPS) is 43.1. The van der Waals surface area contributed by atoms with E-state index in [1.165, 1.54) is 23.5 Å². The predicted molar refractivity (Wildman–Crippen MR) is 65.7 cm³/mol. The molecule has 1 fully saturated rings. The SMILES string of the molecule is CSC(SC)[C@]1(O)O[C@H](CO)[C@@H](O)[C@H](O)[C@H]1O. The van der Waals surface area contributed by atoms with Crippen molar-refractivity contribution in [3.63, 3.8) is 0 Å². The summed E-state index contributed by atoms with van der Waals surface area (Å²) >= 11 is 2.50. The monoisotopic (exact) mass is 286 g/mol. The van der Waals surface area contributed by atoms with E-state index in [0.29, 0.717) is 0 Å². The summed E-state index contributed by atoms with van der Waals surface area (Å²) in [4.78, 5) is 0. The van der Waals surface area contributed by atoms with E-state index in [1.54, 1.807) is 12.5 Å². The maximum atomic E-state index is 10.3. The molecule has 0 aliphatic carbocycles. The molecule has 0 saturated carbocycles. The quantitative estimate of drug-likeness (QED) is 0.385. The second-order valence-electron chi connectivity index (χ2n) is 3.82. The van der Waals surface area contributed by atoms with Gasteiger partial charge in [-0.25, -0.2) is 0 Å². The molecular weight excluding hydrogens is 268 g/mol. The lowest BCUT2D eigenvalue weighted by Gasteiger charge is -2.47. The Morgan fingerprint density at radius 3 is 2.12 bits per heavy atom. The van der Waals surface area contributed by atoms with Crippen molar-refractivity contribution in [2.75, 3.05) is 19.1 Å². The smallest absolute Gasteiger partial charge is 0.216 e. The van der Waals surface area contributed by atoms with Gasteiger partial charge in [-0.15, -0.1) is 23.5 Å². The molecule has 0 spiro atoms. The van der Waals surface area contributed by atoms with E-state index in [4.69, 9.17) is 9.84 Å². The molecule has 8 heteroatoms. The second kappa shape index (κ2) is 6.07. The van der Waals surface area contributed by atoms with Crippen LogP contribution in [0.5, 0.6) is 0 Å². The van der Waals surface area contributed by atoms with E-state index in [9.17, 15) is 20.4 Å². The van der Waals surface area contributed by atoms with Crippen LogP contribution < -0.4 is 0 Å². The molecule has 0 amide bonds. The lowest BCUT2D eigenvalue weighted by Crippen LogP contribution is -2.68. The summed E-state index contributed by atoms with van der Waals surface area (Å²) in [6, 6.07) is 0. The number of thioether (sulfide) groups is 2. The maximum absolute atomic E-state index is 10.3. The van der Waals surface area contributed by atoms with Crippen LogP contribution in [0, 0.1) is 0 Å². The largest absolute Gasteiger partial charge is 0.394 e. The average Bonchev–Trinajstić information content (AvgIpc) is 2.33. The van der Waals surface area contributed by atoms with Gasteiger partial charge in [-0.1, -0.05) is 0 Å². The Bertz CT molecular complexity index is 250. The first-order valence-corrected chi connectivity index (χ1v) is 7.60. The fourth-order valence-electron chi connectivity index (χ4n) is 1.81. The second-order valence-corrected chi connectivity index (χ2v) is 6.00. The van der Waals surface area contributed by atoms with Crippen molar-refractivity contribution in [1.82, 2.24) is 0 Å². The Hall–Kier alpha value is 0.460. The van der Waals surface area contributed by atoms with Gasteiger partial charge in [-0.2, -0.15) is 0 Å². The summed E-state index contributed by atoms with van der Waals surface area (Å²) in [6.45, 7) is -0.553. The minimum atomic E-state index is -2.01. The molecule has 102 valence electrons. The van der Waals surface area contributed by atoms with E-state index in [-0.39, 0.29) is 0 Å². The van der Waals surface area contributed by atoms with Gasteiger partial charge >= 0.3 is 0 Å². The third-order valence-electron chi connectivity index (χ3n) is 2.76. The minimum Gasteiger partial charge on any atom is -0.394 e. The molecule has 0 aromatic rings. The molecule has 0 aromatic carbocycles. The predicted octanol–water partition coefficient (Wildman–Crippen LogP) is -1.80. The van der Waals surface area contributed by atoms with E-state index in [1.807, 2.05) is 0 Å². The Morgan fingerprint density at radius 1 is 1.18 bits per heavy atom.